The number of hydrogen-bond donors (Lipinski definition) is 0. The second kappa shape index (κ2) is 7.76. The van der Waals surface area contributed by atoms with Crippen LogP contribution in [0.1, 0.15) is 69.8 Å². The van der Waals surface area contributed by atoms with Crippen molar-refractivity contribution in [2.24, 2.45) is 0 Å². The number of fused-ring (bicyclic) bond motifs is 3. The van der Waals surface area contributed by atoms with E-state index in [1.807, 2.05) is 13.0 Å². The minimum atomic E-state index is -0.553. The monoisotopic (exact) mass is 416 g/mol. The normalized spacial score (nSPS) is 15.8. The van der Waals surface area contributed by atoms with Crippen molar-refractivity contribution in [2.45, 2.75) is 58.4 Å². The molecule has 2 aliphatic rings. The first kappa shape index (κ1) is 19.7. The van der Waals surface area contributed by atoms with E-state index in [0.29, 0.717) is 40.7 Å². The maximum atomic E-state index is 12.9. The number of aryl methyl sites for hydroxylation is 2. The average molecular weight is 416 g/mol. The van der Waals surface area contributed by atoms with E-state index in [1.165, 1.54) is 0 Å². The molecule has 0 N–H and O–H groups in total. The van der Waals surface area contributed by atoms with Crippen molar-refractivity contribution in [3.63, 3.8) is 0 Å². The number of ether oxygens (including phenoxy) is 1. The number of Topliss-reactive ketones (excluding diaryl/α,β-unsaturated/α-hetero) is 1. The lowest BCUT2D eigenvalue weighted by molar-refractivity contribution is 0.0732. The standard InChI is InChI=1S/C25H24N2O4/c1-15-9-12-21(23-17(15)6-5-7-20(23)28)31-25(30)16-10-11-18-19(14-16)26-22-8-3-2-4-13-27(22)24(18)29/h9-12,14H,2-8,13H2,1H3. The summed E-state index contributed by atoms with van der Waals surface area (Å²) in [6.45, 7) is 2.66. The minimum Gasteiger partial charge on any atom is -0.422 e. The minimum absolute atomic E-state index is 0.0173. The van der Waals surface area contributed by atoms with Gasteiger partial charge >= 0.3 is 5.97 Å². The van der Waals surface area contributed by atoms with Crippen LogP contribution in [0.5, 0.6) is 5.75 Å². The number of rotatable bonds is 2. The molecule has 0 atom stereocenters. The predicted molar refractivity (Wildman–Crippen MR) is 117 cm³/mol. The van der Waals surface area contributed by atoms with Crippen LogP contribution in [0.4, 0.5) is 0 Å². The number of ketones is 1. The first-order chi connectivity index (χ1) is 15.0. The quantitative estimate of drug-likeness (QED) is 0.463. The molecule has 0 bridgehead atoms. The van der Waals surface area contributed by atoms with E-state index in [0.717, 1.165) is 55.5 Å². The molecule has 31 heavy (non-hydrogen) atoms. The maximum Gasteiger partial charge on any atom is 0.343 e. The highest BCUT2D eigenvalue weighted by Gasteiger charge is 2.25. The molecule has 6 nitrogen and oxygen atoms in total. The summed E-state index contributed by atoms with van der Waals surface area (Å²) in [7, 11) is 0. The Labute approximate surface area is 179 Å². The van der Waals surface area contributed by atoms with Gasteiger partial charge in [0.2, 0.25) is 0 Å². The second-order valence-electron chi connectivity index (χ2n) is 8.43. The van der Waals surface area contributed by atoms with Crippen molar-refractivity contribution >= 4 is 22.7 Å². The SMILES string of the molecule is Cc1ccc(OC(=O)c2ccc3c(=O)n4c(nc3c2)CCCCC4)c2c1CCCC2=O. The molecule has 0 spiro atoms. The highest BCUT2D eigenvalue weighted by molar-refractivity contribution is 6.03. The molecule has 0 saturated carbocycles. The van der Waals surface area contributed by atoms with Gasteiger partial charge in [0.25, 0.3) is 5.56 Å². The Bertz CT molecular complexity index is 1290. The van der Waals surface area contributed by atoms with Crippen LogP contribution in [-0.2, 0) is 19.4 Å². The van der Waals surface area contributed by atoms with Crippen LogP contribution < -0.4 is 10.3 Å². The first-order valence-corrected chi connectivity index (χ1v) is 10.9. The lowest BCUT2D eigenvalue weighted by atomic mass is 9.87. The molecule has 1 aliphatic carbocycles. The molecule has 0 saturated heterocycles. The number of carbonyl (C=O) groups is 2. The fraction of sp³-hybridized carbons (Fsp3) is 0.360. The summed E-state index contributed by atoms with van der Waals surface area (Å²) in [5.74, 6) is 0.552. The van der Waals surface area contributed by atoms with E-state index in [1.54, 1.807) is 28.8 Å². The highest BCUT2D eigenvalue weighted by Crippen LogP contribution is 2.32. The van der Waals surface area contributed by atoms with Gasteiger partial charge < -0.3 is 4.74 Å². The van der Waals surface area contributed by atoms with Gasteiger partial charge in [-0.15, -0.1) is 0 Å². The third kappa shape index (κ3) is 3.46. The average Bonchev–Trinajstić information content (AvgIpc) is 3.01. The van der Waals surface area contributed by atoms with Crippen molar-refractivity contribution < 1.29 is 14.3 Å². The first-order valence-electron chi connectivity index (χ1n) is 10.9. The van der Waals surface area contributed by atoms with Crippen LogP contribution >= 0.6 is 0 Å². The molecular formula is C25H24N2O4. The summed E-state index contributed by atoms with van der Waals surface area (Å²) >= 11 is 0. The summed E-state index contributed by atoms with van der Waals surface area (Å²) in [6.07, 6.45) is 5.92. The fourth-order valence-corrected chi connectivity index (χ4v) is 4.70. The van der Waals surface area contributed by atoms with E-state index in [-0.39, 0.29) is 11.3 Å². The zero-order valence-electron chi connectivity index (χ0n) is 17.6. The van der Waals surface area contributed by atoms with E-state index >= 15 is 0 Å². The van der Waals surface area contributed by atoms with Gasteiger partial charge in [-0.2, -0.15) is 0 Å². The van der Waals surface area contributed by atoms with Crippen molar-refractivity contribution in [2.75, 3.05) is 0 Å². The van der Waals surface area contributed by atoms with E-state index in [2.05, 4.69) is 4.98 Å². The predicted octanol–water partition coefficient (Wildman–Crippen LogP) is 4.17. The zero-order chi connectivity index (χ0) is 21.5. The van der Waals surface area contributed by atoms with Crippen LogP contribution in [0.3, 0.4) is 0 Å². The number of nitrogens with zero attached hydrogens (tertiary/aromatic N) is 2. The summed E-state index contributed by atoms with van der Waals surface area (Å²) in [4.78, 5) is 43.0. The number of carbonyl (C=O) groups excluding carboxylic acids is 2. The second-order valence-corrected chi connectivity index (χ2v) is 8.43. The van der Waals surface area contributed by atoms with Gasteiger partial charge in [-0.3, -0.25) is 14.2 Å². The molecule has 3 aromatic rings. The van der Waals surface area contributed by atoms with Crippen LogP contribution in [0.25, 0.3) is 10.9 Å². The van der Waals surface area contributed by atoms with Crippen molar-refractivity contribution in [1.82, 2.24) is 9.55 Å². The Morgan fingerprint density at radius 3 is 2.74 bits per heavy atom. The van der Waals surface area contributed by atoms with Crippen LogP contribution in [0.2, 0.25) is 0 Å². The molecule has 158 valence electrons. The van der Waals surface area contributed by atoms with Gasteiger partial charge in [-0.25, -0.2) is 9.78 Å². The zero-order valence-corrected chi connectivity index (χ0v) is 17.6. The molecule has 2 heterocycles. The Morgan fingerprint density at radius 2 is 1.87 bits per heavy atom. The van der Waals surface area contributed by atoms with Crippen molar-refractivity contribution in [1.29, 1.82) is 0 Å². The molecule has 1 aliphatic heterocycles. The largest absolute Gasteiger partial charge is 0.422 e. The molecule has 0 radical (unpaired) electrons. The number of benzene rings is 2. The Morgan fingerprint density at radius 1 is 1.00 bits per heavy atom. The third-order valence-electron chi connectivity index (χ3n) is 6.37. The Hall–Kier alpha value is -3.28. The van der Waals surface area contributed by atoms with Gasteiger partial charge in [0, 0.05) is 19.4 Å². The van der Waals surface area contributed by atoms with Crippen LogP contribution in [0, 0.1) is 6.92 Å². The van der Waals surface area contributed by atoms with Gasteiger partial charge in [0.15, 0.2) is 5.78 Å². The number of hydrogen-bond acceptors (Lipinski definition) is 5. The summed E-state index contributed by atoms with van der Waals surface area (Å²) in [5.41, 5.74) is 3.31. The number of esters is 1. The van der Waals surface area contributed by atoms with E-state index < -0.39 is 5.97 Å². The molecule has 0 unspecified atom stereocenters. The van der Waals surface area contributed by atoms with Gasteiger partial charge in [-0.05, 0) is 68.0 Å². The summed E-state index contributed by atoms with van der Waals surface area (Å²) in [6, 6.07) is 8.45. The van der Waals surface area contributed by atoms with Gasteiger partial charge in [0.1, 0.15) is 11.6 Å². The third-order valence-corrected chi connectivity index (χ3v) is 6.37. The van der Waals surface area contributed by atoms with E-state index in [4.69, 9.17) is 4.74 Å². The van der Waals surface area contributed by atoms with Crippen molar-refractivity contribution in [3.05, 3.63) is 68.8 Å². The van der Waals surface area contributed by atoms with Crippen LogP contribution in [-0.4, -0.2) is 21.3 Å². The van der Waals surface area contributed by atoms with E-state index in [9.17, 15) is 14.4 Å². The maximum absolute atomic E-state index is 12.9. The van der Waals surface area contributed by atoms with Crippen LogP contribution in [0.15, 0.2) is 35.1 Å². The fourth-order valence-electron chi connectivity index (χ4n) is 4.70. The number of aromatic nitrogens is 2. The Kier molecular flexibility index (Phi) is 4.93. The van der Waals surface area contributed by atoms with Gasteiger partial charge in [-0.1, -0.05) is 12.5 Å². The molecule has 0 amide bonds. The lowest BCUT2D eigenvalue weighted by Gasteiger charge is -2.20. The molecule has 5 rings (SSSR count). The molecular weight excluding hydrogens is 392 g/mol. The topological polar surface area (TPSA) is 78.3 Å². The smallest absolute Gasteiger partial charge is 0.343 e. The van der Waals surface area contributed by atoms with Crippen molar-refractivity contribution in [3.8, 4) is 5.75 Å². The summed E-state index contributed by atoms with van der Waals surface area (Å²) in [5, 5.41) is 0.505. The van der Waals surface area contributed by atoms with Gasteiger partial charge in [0.05, 0.1) is 22.0 Å². The molecule has 0 fully saturated rings. The molecule has 1 aromatic heterocycles. The Balaban J connectivity index is 1.51. The lowest BCUT2D eigenvalue weighted by Crippen LogP contribution is -2.24. The highest BCUT2D eigenvalue weighted by atomic mass is 16.5. The molecule has 6 heteroatoms. The molecule has 2 aromatic carbocycles. The summed E-state index contributed by atoms with van der Waals surface area (Å²) < 4.78 is 7.43.